The van der Waals surface area contributed by atoms with Gasteiger partial charge in [0.15, 0.2) is 0 Å². The molecular weight excluding hydrogens is 564 g/mol. The fourth-order valence-corrected chi connectivity index (χ4v) is 5.67. The molecule has 214 valence electrons. The van der Waals surface area contributed by atoms with Crippen LogP contribution in [-0.4, -0.2) is 18.9 Å². The molecule has 6 rings (SSSR count). The maximum atomic E-state index is 12.1. The first-order valence-electron chi connectivity index (χ1n) is 13.3. The van der Waals surface area contributed by atoms with Gasteiger partial charge < -0.3 is 24.2 Å². The Kier molecular flexibility index (Phi) is 7.05. The molecule has 0 radical (unpaired) electrons. The second-order valence-corrected chi connectivity index (χ2v) is 11.5. The van der Waals surface area contributed by atoms with Crippen molar-refractivity contribution in [3.05, 3.63) is 125 Å². The molecule has 4 aromatic carbocycles. The molecule has 2 aliphatic rings. The third-order valence-electron chi connectivity index (χ3n) is 7.25. The van der Waals surface area contributed by atoms with Gasteiger partial charge in [0, 0.05) is 45.6 Å². The van der Waals surface area contributed by atoms with Crippen LogP contribution in [0.3, 0.4) is 0 Å². The number of hydrogen-bond acceptors (Lipinski definition) is 8. The van der Waals surface area contributed by atoms with Gasteiger partial charge in [-0.1, -0.05) is 42.5 Å². The molecule has 0 aromatic heterocycles. The van der Waals surface area contributed by atoms with E-state index in [0.717, 1.165) is 16.9 Å². The molecule has 0 fully saturated rings. The van der Waals surface area contributed by atoms with Crippen LogP contribution in [0.2, 0.25) is 0 Å². The first-order valence-corrected chi connectivity index (χ1v) is 14.7. The summed E-state index contributed by atoms with van der Waals surface area (Å²) in [5, 5.41) is 16.8. The van der Waals surface area contributed by atoms with E-state index in [4.69, 9.17) is 4.42 Å². The molecule has 0 unspecified atom stereocenters. The van der Waals surface area contributed by atoms with Crippen molar-refractivity contribution in [1.82, 2.24) is 0 Å². The van der Waals surface area contributed by atoms with Gasteiger partial charge in [-0.2, -0.15) is 0 Å². The predicted molar refractivity (Wildman–Crippen MR) is 161 cm³/mol. The van der Waals surface area contributed by atoms with Gasteiger partial charge in [0.25, 0.3) is 0 Å². The summed E-state index contributed by atoms with van der Waals surface area (Å²) in [5.74, 6) is -0.831. The maximum Gasteiger partial charge on any atom is 0.137 e. The molecular formula is C34H24N2O6S-2. The Hall–Kier alpha value is -5.25. The van der Waals surface area contributed by atoms with E-state index in [1.165, 1.54) is 24.3 Å². The molecule has 1 aliphatic carbocycles. The Morgan fingerprint density at radius 2 is 1.58 bits per heavy atom. The number of anilines is 2. The molecule has 0 saturated heterocycles. The lowest BCUT2D eigenvalue weighted by Crippen LogP contribution is -2.23. The van der Waals surface area contributed by atoms with Crippen LogP contribution in [0.5, 0.6) is 0 Å². The summed E-state index contributed by atoms with van der Waals surface area (Å²) < 4.78 is 40.7. The number of rotatable bonds is 6. The lowest BCUT2D eigenvalue weighted by Gasteiger charge is -2.19. The van der Waals surface area contributed by atoms with Gasteiger partial charge in [-0.25, -0.2) is 13.4 Å². The van der Waals surface area contributed by atoms with E-state index in [2.05, 4.69) is 10.3 Å². The topological polar surface area (TPSA) is 135 Å². The second-order valence-electron chi connectivity index (χ2n) is 10.2. The average Bonchev–Trinajstić information content (AvgIpc) is 2.97. The van der Waals surface area contributed by atoms with Gasteiger partial charge in [0.2, 0.25) is 0 Å². The number of carbonyl (C=O) groups is 1. The lowest BCUT2D eigenvalue weighted by molar-refractivity contribution is -0.254. The van der Waals surface area contributed by atoms with Crippen molar-refractivity contribution in [2.75, 3.05) is 5.32 Å². The fourth-order valence-electron chi connectivity index (χ4n) is 5.11. The zero-order chi connectivity index (χ0) is 30.3. The van der Waals surface area contributed by atoms with Gasteiger partial charge in [0.1, 0.15) is 21.5 Å². The number of hydrogen-bond donors (Lipinski definition) is 1. The highest BCUT2D eigenvalue weighted by Gasteiger charge is 2.20. The van der Waals surface area contributed by atoms with Crippen LogP contribution < -0.4 is 15.8 Å². The first kappa shape index (κ1) is 27.9. The van der Waals surface area contributed by atoms with Crippen molar-refractivity contribution in [3.8, 4) is 22.5 Å². The molecule has 4 aromatic rings. The van der Waals surface area contributed by atoms with Crippen LogP contribution in [0.15, 0.2) is 117 Å². The summed E-state index contributed by atoms with van der Waals surface area (Å²) >= 11 is 0. The summed E-state index contributed by atoms with van der Waals surface area (Å²) in [7, 11) is -4.59. The Labute approximate surface area is 247 Å². The Balaban J connectivity index is 1.57. The molecule has 0 saturated carbocycles. The number of para-hydroxylation sites is 1. The summed E-state index contributed by atoms with van der Waals surface area (Å²) in [6.07, 6.45) is 0. The standard InChI is InChI=1S/C34H26N2O6S/c1-20-7-3-6-10-29(20)35-22-11-14-27-31(18-22)42-32-19-23(36-30-16-13-24(17-21(30)2)43(39,40)41)12-15-28(32)33(27)25-8-4-5-9-26(25)34(37)38/h3-19,35H,1-2H3,(H,37,38)(H,39,40,41)/p-2. The molecule has 1 aliphatic heterocycles. The van der Waals surface area contributed by atoms with Crippen LogP contribution in [0.25, 0.3) is 33.4 Å². The van der Waals surface area contributed by atoms with E-state index in [-0.39, 0.29) is 10.5 Å². The van der Waals surface area contributed by atoms with Crippen molar-refractivity contribution in [1.29, 1.82) is 0 Å². The van der Waals surface area contributed by atoms with Gasteiger partial charge >= 0.3 is 0 Å². The van der Waals surface area contributed by atoms with E-state index < -0.39 is 16.1 Å². The fraction of sp³-hybridized carbons (Fsp3) is 0.0588. The molecule has 1 heterocycles. The monoisotopic (exact) mass is 588 g/mol. The Morgan fingerprint density at radius 1 is 0.814 bits per heavy atom. The summed E-state index contributed by atoms with van der Waals surface area (Å²) in [6.45, 7) is 3.68. The van der Waals surface area contributed by atoms with Crippen molar-refractivity contribution in [3.63, 3.8) is 0 Å². The van der Waals surface area contributed by atoms with E-state index in [0.29, 0.717) is 50.0 Å². The predicted octanol–water partition coefficient (Wildman–Crippen LogP) is 6.07. The molecule has 43 heavy (non-hydrogen) atoms. The molecule has 0 spiro atoms. The summed E-state index contributed by atoms with van der Waals surface area (Å²) in [5.41, 5.74) is 6.21. The smallest absolute Gasteiger partial charge is 0.137 e. The van der Waals surface area contributed by atoms with Crippen LogP contribution in [0.4, 0.5) is 17.1 Å². The number of carboxylic acid groups (broad SMARTS) is 1. The van der Waals surface area contributed by atoms with Gasteiger partial charge in [-0.15, -0.1) is 0 Å². The molecule has 8 nitrogen and oxygen atoms in total. The molecule has 1 N–H and O–H groups in total. The maximum absolute atomic E-state index is 12.1. The molecule has 0 atom stereocenters. The van der Waals surface area contributed by atoms with Crippen molar-refractivity contribution in [2.24, 2.45) is 4.99 Å². The van der Waals surface area contributed by atoms with E-state index in [1.807, 2.05) is 55.5 Å². The normalized spacial score (nSPS) is 12.1. The number of carboxylic acids is 1. The molecule has 0 bridgehead atoms. The quantitative estimate of drug-likeness (QED) is 0.184. The highest BCUT2D eigenvalue weighted by Crippen LogP contribution is 2.42. The van der Waals surface area contributed by atoms with E-state index in [1.54, 1.807) is 37.3 Å². The lowest BCUT2D eigenvalue weighted by atomic mass is 9.90. The van der Waals surface area contributed by atoms with Gasteiger partial charge in [-0.05, 0) is 79.1 Å². The number of aryl methyl sites for hydroxylation is 2. The third kappa shape index (κ3) is 5.51. The minimum atomic E-state index is -4.59. The van der Waals surface area contributed by atoms with Crippen LogP contribution in [0, 0.1) is 13.8 Å². The number of aromatic carboxylic acids is 1. The van der Waals surface area contributed by atoms with Crippen LogP contribution >= 0.6 is 0 Å². The van der Waals surface area contributed by atoms with E-state index in [9.17, 15) is 22.9 Å². The number of nitrogens with one attached hydrogen (secondary N) is 1. The molecule has 0 amide bonds. The number of fused-ring (bicyclic) bond motifs is 2. The zero-order valence-corrected chi connectivity index (χ0v) is 23.9. The number of carbonyl (C=O) groups excluding carboxylic acids is 1. The molecule has 9 heteroatoms. The highest BCUT2D eigenvalue weighted by molar-refractivity contribution is 7.85. The largest absolute Gasteiger partial charge is 0.744 e. The van der Waals surface area contributed by atoms with E-state index >= 15 is 0 Å². The van der Waals surface area contributed by atoms with Gasteiger partial charge in [-0.3, -0.25) is 0 Å². The summed E-state index contributed by atoms with van der Waals surface area (Å²) in [4.78, 5) is 16.4. The first-order chi connectivity index (χ1) is 20.6. The summed E-state index contributed by atoms with van der Waals surface area (Å²) in [6, 6.07) is 29.6. The van der Waals surface area contributed by atoms with Crippen molar-refractivity contribution < 1.29 is 27.3 Å². The highest BCUT2D eigenvalue weighted by atomic mass is 32.2. The minimum absolute atomic E-state index is 0.0521. The average molecular weight is 589 g/mol. The van der Waals surface area contributed by atoms with Crippen LogP contribution in [0.1, 0.15) is 21.5 Å². The van der Waals surface area contributed by atoms with Crippen molar-refractivity contribution in [2.45, 2.75) is 18.7 Å². The zero-order valence-electron chi connectivity index (χ0n) is 23.1. The number of nitrogens with zero attached hydrogens (tertiary/aromatic N) is 1. The Bertz CT molecular complexity index is 2200. The van der Waals surface area contributed by atoms with Gasteiger partial charge in [0.05, 0.1) is 21.9 Å². The van der Waals surface area contributed by atoms with Crippen molar-refractivity contribution >= 4 is 44.1 Å². The second kappa shape index (κ2) is 10.9. The van der Waals surface area contributed by atoms with Crippen LogP contribution in [-0.2, 0) is 10.1 Å². The Morgan fingerprint density at radius 3 is 2.33 bits per heavy atom. The minimum Gasteiger partial charge on any atom is -0.744 e. The number of benzene rings is 5. The SMILES string of the molecule is Cc1cc(S(=O)(=O)[O-])ccc1N=c1ccc2c(-c3ccccc3C(=O)[O-])c3ccc(Nc4ccccc4C)cc3oc-2c1. The third-order valence-corrected chi connectivity index (χ3v) is 8.08.